The molecule has 1 saturated heterocycles. The Morgan fingerprint density at radius 2 is 2.22 bits per heavy atom. The van der Waals surface area contributed by atoms with Gasteiger partial charge in [-0.2, -0.15) is 5.10 Å². The van der Waals surface area contributed by atoms with Gasteiger partial charge in [0.05, 0.1) is 11.7 Å². The van der Waals surface area contributed by atoms with Crippen molar-refractivity contribution in [2.45, 2.75) is 18.0 Å². The maximum Gasteiger partial charge on any atom is 0.306 e. The van der Waals surface area contributed by atoms with Crippen molar-refractivity contribution in [2.75, 3.05) is 18.8 Å². The summed E-state index contributed by atoms with van der Waals surface area (Å²) in [5, 5.41) is 15.8. The number of thioether (sulfide) groups is 1. The summed E-state index contributed by atoms with van der Waals surface area (Å²) < 4.78 is 0. The number of aliphatic carboxylic acids is 1. The highest BCUT2D eigenvalue weighted by Gasteiger charge is 2.26. The van der Waals surface area contributed by atoms with Crippen molar-refractivity contribution in [3.8, 4) is 0 Å². The van der Waals surface area contributed by atoms with Gasteiger partial charge in [0.1, 0.15) is 6.33 Å². The zero-order chi connectivity index (χ0) is 13.0. The largest absolute Gasteiger partial charge is 0.481 e. The number of nitrogens with zero attached hydrogens (tertiary/aromatic N) is 3. The van der Waals surface area contributed by atoms with Gasteiger partial charge in [0, 0.05) is 13.1 Å². The summed E-state index contributed by atoms with van der Waals surface area (Å²) in [7, 11) is 0. The Morgan fingerprint density at radius 3 is 2.78 bits per heavy atom. The Balaban J connectivity index is 1.75. The highest BCUT2D eigenvalue weighted by Crippen LogP contribution is 2.19. The van der Waals surface area contributed by atoms with Crippen molar-refractivity contribution in [3.63, 3.8) is 0 Å². The molecule has 8 heteroatoms. The van der Waals surface area contributed by atoms with E-state index < -0.39 is 5.97 Å². The molecule has 1 aromatic heterocycles. The van der Waals surface area contributed by atoms with Crippen molar-refractivity contribution < 1.29 is 14.7 Å². The number of carbonyl (C=O) groups is 2. The van der Waals surface area contributed by atoms with E-state index in [1.54, 1.807) is 4.90 Å². The van der Waals surface area contributed by atoms with Gasteiger partial charge in [-0.1, -0.05) is 11.8 Å². The van der Waals surface area contributed by atoms with Crippen LogP contribution in [0.25, 0.3) is 0 Å². The number of aromatic nitrogens is 3. The van der Waals surface area contributed by atoms with Crippen molar-refractivity contribution >= 4 is 23.6 Å². The Morgan fingerprint density at radius 1 is 1.50 bits per heavy atom. The third-order valence-corrected chi connectivity index (χ3v) is 3.78. The van der Waals surface area contributed by atoms with E-state index in [-0.39, 0.29) is 11.8 Å². The standard InChI is InChI=1S/C10H14N4O3S/c15-8(5-18-10-11-6-12-13-10)14-3-1-7(2-4-14)9(16)17/h6-7H,1-5H2,(H,16,17)(H,11,12,13). The van der Waals surface area contributed by atoms with Gasteiger partial charge < -0.3 is 10.0 Å². The van der Waals surface area contributed by atoms with E-state index in [1.165, 1.54) is 18.1 Å². The number of nitrogens with one attached hydrogen (secondary N) is 1. The van der Waals surface area contributed by atoms with Crippen LogP contribution in [-0.4, -0.2) is 55.9 Å². The third-order valence-electron chi connectivity index (χ3n) is 2.92. The lowest BCUT2D eigenvalue weighted by Gasteiger charge is -2.29. The van der Waals surface area contributed by atoms with Crippen LogP contribution in [0.2, 0.25) is 0 Å². The van der Waals surface area contributed by atoms with E-state index in [0.717, 1.165) is 0 Å². The molecule has 0 atom stereocenters. The number of aromatic amines is 1. The molecule has 7 nitrogen and oxygen atoms in total. The molecule has 1 amide bonds. The molecule has 2 rings (SSSR count). The van der Waals surface area contributed by atoms with Crippen LogP contribution in [0.3, 0.4) is 0 Å². The fourth-order valence-electron chi connectivity index (χ4n) is 1.86. The van der Waals surface area contributed by atoms with Crippen molar-refractivity contribution in [2.24, 2.45) is 5.92 Å². The van der Waals surface area contributed by atoms with Crippen LogP contribution in [0, 0.1) is 5.92 Å². The summed E-state index contributed by atoms with van der Waals surface area (Å²) in [5.41, 5.74) is 0. The quantitative estimate of drug-likeness (QED) is 0.759. The summed E-state index contributed by atoms with van der Waals surface area (Å²) in [5.74, 6) is -0.762. The number of amides is 1. The monoisotopic (exact) mass is 270 g/mol. The molecule has 0 radical (unpaired) electrons. The van der Waals surface area contributed by atoms with Crippen LogP contribution < -0.4 is 0 Å². The van der Waals surface area contributed by atoms with Gasteiger partial charge in [0.15, 0.2) is 5.16 Å². The van der Waals surface area contributed by atoms with Crippen LogP contribution in [0.5, 0.6) is 0 Å². The number of carboxylic acids is 1. The number of piperidine rings is 1. The molecule has 2 N–H and O–H groups in total. The number of H-pyrrole nitrogens is 1. The maximum absolute atomic E-state index is 11.9. The van der Waals surface area contributed by atoms with Crippen molar-refractivity contribution in [1.82, 2.24) is 20.1 Å². The average molecular weight is 270 g/mol. The van der Waals surface area contributed by atoms with Crippen LogP contribution in [0.15, 0.2) is 11.5 Å². The maximum atomic E-state index is 11.9. The topological polar surface area (TPSA) is 99.2 Å². The molecule has 1 aliphatic rings. The minimum absolute atomic E-state index is 0.0141. The first-order valence-electron chi connectivity index (χ1n) is 5.65. The third kappa shape index (κ3) is 3.22. The minimum Gasteiger partial charge on any atom is -0.481 e. The van der Waals surface area contributed by atoms with Crippen LogP contribution in [0.1, 0.15) is 12.8 Å². The zero-order valence-electron chi connectivity index (χ0n) is 9.70. The Bertz CT molecular complexity index is 415. The first kappa shape index (κ1) is 12.9. The van der Waals surface area contributed by atoms with Gasteiger partial charge in [-0.25, -0.2) is 4.98 Å². The van der Waals surface area contributed by atoms with Crippen molar-refractivity contribution in [1.29, 1.82) is 0 Å². The lowest BCUT2D eigenvalue weighted by Crippen LogP contribution is -2.41. The van der Waals surface area contributed by atoms with E-state index in [4.69, 9.17) is 5.11 Å². The predicted molar refractivity (Wildman–Crippen MR) is 64.0 cm³/mol. The second-order valence-electron chi connectivity index (χ2n) is 4.07. The summed E-state index contributed by atoms with van der Waals surface area (Å²) in [4.78, 5) is 28.3. The van der Waals surface area contributed by atoms with Gasteiger partial charge in [-0.15, -0.1) is 0 Å². The molecule has 1 aromatic rings. The molecule has 2 heterocycles. The van der Waals surface area contributed by atoms with E-state index in [9.17, 15) is 9.59 Å². The molecule has 0 aromatic carbocycles. The van der Waals surface area contributed by atoms with Crippen LogP contribution in [-0.2, 0) is 9.59 Å². The second kappa shape index (κ2) is 5.85. The number of carbonyl (C=O) groups excluding carboxylic acids is 1. The summed E-state index contributed by atoms with van der Waals surface area (Å²) >= 11 is 1.30. The lowest BCUT2D eigenvalue weighted by atomic mass is 9.97. The SMILES string of the molecule is O=C(O)C1CCN(C(=O)CSc2ncn[nH]2)CC1. The number of hydrogen-bond acceptors (Lipinski definition) is 5. The Hall–Kier alpha value is -1.57. The molecule has 0 unspecified atom stereocenters. The van der Waals surface area contributed by atoms with E-state index in [1.807, 2.05) is 0 Å². The number of rotatable bonds is 4. The molecule has 1 fully saturated rings. The molecule has 98 valence electrons. The number of likely N-dealkylation sites (tertiary alicyclic amines) is 1. The Labute approximate surface area is 108 Å². The second-order valence-corrected chi connectivity index (χ2v) is 5.04. The Kier molecular flexibility index (Phi) is 4.19. The summed E-state index contributed by atoms with van der Waals surface area (Å²) in [6, 6.07) is 0. The molecule has 0 saturated carbocycles. The molecule has 1 aliphatic heterocycles. The average Bonchev–Trinajstić information content (AvgIpc) is 2.89. The highest BCUT2D eigenvalue weighted by atomic mass is 32.2. The minimum atomic E-state index is -0.766. The number of carboxylic acid groups (broad SMARTS) is 1. The lowest BCUT2D eigenvalue weighted by molar-refractivity contribution is -0.145. The molecule has 0 aliphatic carbocycles. The van der Waals surface area contributed by atoms with Crippen LogP contribution in [0.4, 0.5) is 0 Å². The van der Waals surface area contributed by atoms with Crippen molar-refractivity contribution in [3.05, 3.63) is 6.33 Å². The van der Waals surface area contributed by atoms with E-state index >= 15 is 0 Å². The molecular formula is C10H14N4O3S. The fourth-order valence-corrected chi connectivity index (χ4v) is 2.54. The van der Waals surface area contributed by atoms with Gasteiger partial charge >= 0.3 is 5.97 Å². The highest BCUT2D eigenvalue weighted by molar-refractivity contribution is 7.99. The zero-order valence-corrected chi connectivity index (χ0v) is 10.5. The van der Waals surface area contributed by atoms with Gasteiger partial charge in [-0.3, -0.25) is 14.7 Å². The van der Waals surface area contributed by atoms with Gasteiger partial charge in [0.25, 0.3) is 0 Å². The summed E-state index contributed by atoms with van der Waals surface area (Å²) in [6.07, 6.45) is 2.47. The van der Waals surface area contributed by atoms with Gasteiger partial charge in [0.2, 0.25) is 5.91 Å². The first-order valence-corrected chi connectivity index (χ1v) is 6.64. The van der Waals surface area contributed by atoms with E-state index in [0.29, 0.717) is 36.8 Å². The first-order chi connectivity index (χ1) is 8.66. The molecular weight excluding hydrogens is 256 g/mol. The summed E-state index contributed by atoms with van der Waals surface area (Å²) in [6.45, 7) is 1.04. The van der Waals surface area contributed by atoms with Crippen LogP contribution >= 0.6 is 11.8 Å². The number of hydrogen-bond donors (Lipinski definition) is 2. The normalized spacial score (nSPS) is 16.8. The van der Waals surface area contributed by atoms with Gasteiger partial charge in [-0.05, 0) is 12.8 Å². The molecule has 18 heavy (non-hydrogen) atoms. The fraction of sp³-hybridized carbons (Fsp3) is 0.600. The molecule has 0 bridgehead atoms. The van der Waals surface area contributed by atoms with E-state index in [2.05, 4.69) is 15.2 Å². The smallest absolute Gasteiger partial charge is 0.306 e. The molecule has 0 spiro atoms. The predicted octanol–water partition coefficient (Wildman–Crippen LogP) is 0.220.